The van der Waals surface area contributed by atoms with Crippen LogP contribution in [0.2, 0.25) is 0 Å². The van der Waals surface area contributed by atoms with Gasteiger partial charge in [0.2, 0.25) is 15.9 Å². The van der Waals surface area contributed by atoms with Gasteiger partial charge in [0.1, 0.15) is 18.0 Å². The molecule has 1 aliphatic heterocycles. The van der Waals surface area contributed by atoms with Crippen LogP contribution in [-0.4, -0.2) is 64.8 Å². The fraction of sp³-hybridized carbons (Fsp3) is 0.333. The number of carbonyl (C=O) groups is 1. The van der Waals surface area contributed by atoms with Crippen LogP contribution in [0.1, 0.15) is 10.4 Å². The molecule has 1 amide bonds. The topological polar surface area (TPSA) is 101 Å². The molecule has 0 saturated heterocycles. The van der Waals surface area contributed by atoms with Crippen LogP contribution in [0.3, 0.4) is 0 Å². The van der Waals surface area contributed by atoms with Gasteiger partial charge in [0.25, 0.3) is 5.91 Å². The fourth-order valence-electron chi connectivity index (χ4n) is 2.90. The summed E-state index contributed by atoms with van der Waals surface area (Å²) < 4.78 is 36.6. The Kier molecular flexibility index (Phi) is 5.32. The van der Waals surface area contributed by atoms with Gasteiger partial charge in [0, 0.05) is 19.7 Å². The number of sulfonamides is 1. The Balaban J connectivity index is 2.05. The summed E-state index contributed by atoms with van der Waals surface area (Å²) in [5, 5.41) is 0. The van der Waals surface area contributed by atoms with Crippen molar-refractivity contribution < 1.29 is 22.7 Å². The summed E-state index contributed by atoms with van der Waals surface area (Å²) in [6.45, 7) is 0.952. The highest BCUT2D eigenvalue weighted by atomic mass is 32.2. The van der Waals surface area contributed by atoms with E-state index < -0.39 is 10.0 Å². The van der Waals surface area contributed by atoms with Gasteiger partial charge < -0.3 is 19.3 Å². The lowest BCUT2D eigenvalue weighted by atomic mass is 10.1. The van der Waals surface area contributed by atoms with E-state index in [1.165, 1.54) is 12.0 Å². The summed E-state index contributed by atoms with van der Waals surface area (Å²) >= 11 is 0. The molecule has 1 N–H and O–H groups in total. The molecule has 1 aliphatic rings. The second-order valence-electron chi connectivity index (χ2n) is 6.51. The number of rotatable bonds is 5. The Labute approximate surface area is 163 Å². The Morgan fingerprint density at radius 2 is 2.07 bits per heavy atom. The molecule has 0 radical (unpaired) electrons. The van der Waals surface area contributed by atoms with Crippen LogP contribution in [0, 0.1) is 0 Å². The molecule has 0 spiro atoms. The van der Waals surface area contributed by atoms with E-state index in [9.17, 15) is 13.2 Å². The highest BCUT2D eigenvalue weighted by Crippen LogP contribution is 2.39. The lowest BCUT2D eigenvalue weighted by molar-refractivity contribution is 0.0827. The molecular weight excluding hydrogens is 384 g/mol. The number of anilines is 3. The van der Waals surface area contributed by atoms with Crippen molar-refractivity contribution >= 4 is 33.0 Å². The van der Waals surface area contributed by atoms with Crippen molar-refractivity contribution in [2.24, 2.45) is 0 Å². The van der Waals surface area contributed by atoms with Crippen LogP contribution in [-0.2, 0) is 10.0 Å². The number of nitrogens with one attached hydrogen (secondary N) is 1. The van der Waals surface area contributed by atoms with E-state index >= 15 is 0 Å². The van der Waals surface area contributed by atoms with Crippen molar-refractivity contribution in [2.45, 2.75) is 0 Å². The minimum absolute atomic E-state index is 0.124. The highest BCUT2D eigenvalue weighted by Gasteiger charge is 2.23. The molecule has 1 aromatic heterocycles. The molecule has 10 heteroatoms. The van der Waals surface area contributed by atoms with E-state index in [0.29, 0.717) is 35.8 Å². The summed E-state index contributed by atoms with van der Waals surface area (Å²) in [6, 6.07) is 6.87. The molecular formula is C18H22N4O5S. The number of amides is 1. The average Bonchev–Trinajstić information content (AvgIpc) is 2.65. The minimum atomic E-state index is -3.51. The standard InChI is InChI=1S/C18H22N4O5S/c1-21(2)18(23)12-5-6-16-15(9-12)22(7-8-27-16)13-10-14(20-28(4,24)25)17(26-3)19-11-13/h5-6,9-11,20H,7-8H2,1-4H3. The Bertz CT molecular complexity index is 1010. The van der Waals surface area contributed by atoms with Gasteiger partial charge in [-0.15, -0.1) is 0 Å². The van der Waals surface area contributed by atoms with Gasteiger partial charge in [-0.3, -0.25) is 9.52 Å². The molecule has 0 unspecified atom stereocenters. The lowest BCUT2D eigenvalue weighted by Crippen LogP contribution is -2.29. The molecule has 0 saturated carbocycles. The maximum atomic E-state index is 12.3. The van der Waals surface area contributed by atoms with Crippen LogP contribution >= 0.6 is 0 Å². The molecule has 3 rings (SSSR count). The van der Waals surface area contributed by atoms with E-state index in [4.69, 9.17) is 9.47 Å². The zero-order chi connectivity index (χ0) is 20.5. The SMILES string of the molecule is COc1ncc(N2CCOc3ccc(C(=O)N(C)C)cc32)cc1NS(C)(=O)=O. The minimum Gasteiger partial charge on any atom is -0.490 e. The van der Waals surface area contributed by atoms with E-state index in [1.807, 2.05) is 4.90 Å². The summed E-state index contributed by atoms with van der Waals surface area (Å²) in [4.78, 5) is 20.0. The quantitative estimate of drug-likeness (QED) is 0.806. The molecule has 0 fully saturated rings. The first-order chi connectivity index (χ1) is 13.2. The monoisotopic (exact) mass is 406 g/mol. The van der Waals surface area contributed by atoms with Crippen molar-refractivity contribution in [3.63, 3.8) is 0 Å². The normalized spacial score (nSPS) is 13.4. The van der Waals surface area contributed by atoms with E-state index in [-0.39, 0.29) is 17.5 Å². The second kappa shape index (κ2) is 7.55. The number of benzene rings is 1. The van der Waals surface area contributed by atoms with Crippen LogP contribution < -0.4 is 19.1 Å². The number of hydrogen-bond donors (Lipinski definition) is 1. The Morgan fingerprint density at radius 3 is 2.71 bits per heavy atom. The molecule has 2 aromatic rings. The summed E-state index contributed by atoms with van der Waals surface area (Å²) in [6.07, 6.45) is 2.64. The third-order valence-electron chi connectivity index (χ3n) is 4.11. The molecule has 150 valence electrons. The van der Waals surface area contributed by atoms with Gasteiger partial charge >= 0.3 is 0 Å². The van der Waals surface area contributed by atoms with Crippen LogP contribution in [0.15, 0.2) is 30.5 Å². The molecule has 28 heavy (non-hydrogen) atoms. The fourth-order valence-corrected chi connectivity index (χ4v) is 3.45. The van der Waals surface area contributed by atoms with E-state index in [2.05, 4.69) is 9.71 Å². The number of fused-ring (bicyclic) bond motifs is 1. The number of nitrogens with zero attached hydrogens (tertiary/aromatic N) is 3. The maximum absolute atomic E-state index is 12.3. The molecule has 0 aliphatic carbocycles. The average molecular weight is 406 g/mol. The number of carbonyl (C=O) groups excluding carboxylic acids is 1. The molecule has 1 aromatic carbocycles. The van der Waals surface area contributed by atoms with E-state index in [0.717, 1.165) is 6.26 Å². The number of methoxy groups -OCH3 is 1. The van der Waals surface area contributed by atoms with Crippen molar-refractivity contribution in [3.8, 4) is 11.6 Å². The Hall–Kier alpha value is -3.01. The third-order valence-corrected chi connectivity index (χ3v) is 4.70. The van der Waals surface area contributed by atoms with Gasteiger partial charge in [-0.2, -0.15) is 0 Å². The van der Waals surface area contributed by atoms with Gasteiger partial charge in [-0.05, 0) is 24.3 Å². The second-order valence-corrected chi connectivity index (χ2v) is 8.26. The third kappa shape index (κ3) is 4.11. The first-order valence-corrected chi connectivity index (χ1v) is 10.4. The smallest absolute Gasteiger partial charge is 0.253 e. The highest BCUT2D eigenvalue weighted by molar-refractivity contribution is 7.92. The largest absolute Gasteiger partial charge is 0.490 e. The van der Waals surface area contributed by atoms with Gasteiger partial charge in [-0.25, -0.2) is 13.4 Å². The van der Waals surface area contributed by atoms with Crippen LogP contribution in [0.5, 0.6) is 11.6 Å². The zero-order valence-electron chi connectivity index (χ0n) is 16.1. The van der Waals surface area contributed by atoms with Crippen molar-refractivity contribution in [2.75, 3.05) is 50.2 Å². The summed E-state index contributed by atoms with van der Waals surface area (Å²) in [7, 11) is 1.28. The predicted octanol–water partition coefficient (Wildman–Crippen LogP) is 1.69. The maximum Gasteiger partial charge on any atom is 0.253 e. The van der Waals surface area contributed by atoms with E-state index in [1.54, 1.807) is 44.6 Å². The van der Waals surface area contributed by atoms with Crippen molar-refractivity contribution in [1.82, 2.24) is 9.88 Å². The van der Waals surface area contributed by atoms with Crippen molar-refractivity contribution in [1.29, 1.82) is 0 Å². The first kappa shape index (κ1) is 19.7. The van der Waals surface area contributed by atoms with Gasteiger partial charge in [-0.1, -0.05) is 0 Å². The van der Waals surface area contributed by atoms with Gasteiger partial charge in [0.05, 0.1) is 37.5 Å². The Morgan fingerprint density at radius 1 is 1.32 bits per heavy atom. The zero-order valence-corrected chi connectivity index (χ0v) is 16.9. The number of hydrogen-bond acceptors (Lipinski definition) is 7. The number of ether oxygens (including phenoxy) is 2. The van der Waals surface area contributed by atoms with Gasteiger partial charge in [0.15, 0.2) is 0 Å². The number of aromatic nitrogens is 1. The predicted molar refractivity (Wildman–Crippen MR) is 106 cm³/mol. The van der Waals surface area contributed by atoms with Crippen LogP contribution in [0.25, 0.3) is 0 Å². The summed E-state index contributed by atoms with van der Waals surface area (Å²) in [5.41, 5.74) is 2.11. The van der Waals surface area contributed by atoms with Crippen LogP contribution in [0.4, 0.5) is 17.1 Å². The first-order valence-electron chi connectivity index (χ1n) is 8.47. The molecule has 0 bridgehead atoms. The molecule has 9 nitrogen and oxygen atoms in total. The molecule has 0 atom stereocenters. The van der Waals surface area contributed by atoms with Crippen molar-refractivity contribution in [3.05, 3.63) is 36.0 Å². The summed E-state index contributed by atoms with van der Waals surface area (Å²) in [5.74, 6) is 0.676. The lowest BCUT2D eigenvalue weighted by Gasteiger charge is -2.32. The molecule has 2 heterocycles. The number of pyridine rings is 1.